The second kappa shape index (κ2) is 5.69. The molecule has 1 atom stereocenters. The lowest BCUT2D eigenvalue weighted by molar-refractivity contribution is 0.0577. The lowest BCUT2D eigenvalue weighted by Crippen LogP contribution is -2.10. The van der Waals surface area contributed by atoms with E-state index in [9.17, 15) is 4.79 Å². The lowest BCUT2D eigenvalue weighted by atomic mass is 10.3. The van der Waals surface area contributed by atoms with Crippen molar-refractivity contribution in [2.24, 2.45) is 0 Å². The molecule has 0 aliphatic carbocycles. The summed E-state index contributed by atoms with van der Waals surface area (Å²) >= 11 is 0. The third-order valence-corrected chi connectivity index (χ3v) is 0.877. The number of rotatable bonds is 2. The Kier molecular flexibility index (Phi) is 7.19. The van der Waals surface area contributed by atoms with E-state index >= 15 is 0 Å². The average molecular weight is 155 g/mol. The third kappa shape index (κ3) is 7.56. The first-order chi connectivity index (χ1) is 3.66. The quantitative estimate of drug-likeness (QED) is 0.618. The predicted octanol–water partition coefficient (Wildman–Crippen LogP) is 1.90. The van der Waals surface area contributed by atoms with Crippen molar-refractivity contribution in [3.8, 4) is 0 Å². The zero-order valence-corrected chi connectivity index (χ0v) is 6.27. The molecule has 0 saturated heterocycles. The van der Waals surface area contributed by atoms with Crippen molar-refractivity contribution in [1.29, 1.82) is 0 Å². The lowest BCUT2D eigenvalue weighted by Gasteiger charge is -2.04. The number of hydrogen-bond acceptors (Lipinski definition) is 2. The minimum Gasteiger partial charge on any atom is -0.450 e. The molecule has 1 N–H and O–H groups in total. The minimum absolute atomic E-state index is 0. The molecule has 0 aliphatic heterocycles. The Hall–Kier alpha value is -0.440. The fraction of sp³-hybridized carbons (Fsp3) is 0.800. The van der Waals surface area contributed by atoms with Crippen LogP contribution in [0.5, 0.6) is 0 Å². The molecule has 0 aromatic rings. The molecular formula is C5H11ClO3. The van der Waals surface area contributed by atoms with Crippen LogP contribution < -0.4 is 0 Å². The first-order valence-electron chi connectivity index (χ1n) is 2.56. The molecule has 4 heteroatoms. The maximum Gasteiger partial charge on any atom is 0.506 e. The molecular weight excluding hydrogens is 144 g/mol. The summed E-state index contributed by atoms with van der Waals surface area (Å²) in [4.78, 5) is 9.75. The van der Waals surface area contributed by atoms with Gasteiger partial charge in [-0.2, -0.15) is 0 Å². The average Bonchev–Trinajstić information content (AvgIpc) is 1.65. The highest BCUT2D eigenvalue weighted by Gasteiger charge is 2.01. The van der Waals surface area contributed by atoms with Gasteiger partial charge in [0.25, 0.3) is 0 Å². The maximum atomic E-state index is 9.75. The van der Waals surface area contributed by atoms with Gasteiger partial charge in [-0.25, -0.2) is 4.79 Å². The third-order valence-electron chi connectivity index (χ3n) is 0.877. The summed E-state index contributed by atoms with van der Waals surface area (Å²) in [6.07, 6.45) is -0.640. The van der Waals surface area contributed by atoms with E-state index in [0.29, 0.717) is 0 Å². The molecule has 0 aromatic heterocycles. The topological polar surface area (TPSA) is 46.5 Å². The number of carboxylic acid groups (broad SMARTS) is 1. The molecule has 0 aliphatic rings. The van der Waals surface area contributed by atoms with Gasteiger partial charge in [-0.3, -0.25) is 0 Å². The number of carbonyl (C=O) groups is 1. The Balaban J connectivity index is 0. The summed E-state index contributed by atoms with van der Waals surface area (Å²) in [6, 6.07) is 0. The van der Waals surface area contributed by atoms with E-state index in [1.54, 1.807) is 6.92 Å². The highest BCUT2D eigenvalue weighted by molar-refractivity contribution is 5.85. The van der Waals surface area contributed by atoms with Crippen LogP contribution in [0.15, 0.2) is 0 Å². The van der Waals surface area contributed by atoms with Crippen molar-refractivity contribution in [3.05, 3.63) is 0 Å². The number of hydrogen-bond donors (Lipinski definition) is 1. The Morgan fingerprint density at radius 3 is 2.33 bits per heavy atom. The van der Waals surface area contributed by atoms with Gasteiger partial charge in [0.2, 0.25) is 0 Å². The van der Waals surface area contributed by atoms with Crippen molar-refractivity contribution < 1.29 is 14.6 Å². The second-order valence-electron chi connectivity index (χ2n) is 1.60. The van der Waals surface area contributed by atoms with Crippen LogP contribution in [0.2, 0.25) is 0 Å². The van der Waals surface area contributed by atoms with E-state index in [1.165, 1.54) is 0 Å². The SMILES string of the molecule is CCC(C)OC(=O)O.Cl. The zero-order valence-electron chi connectivity index (χ0n) is 5.46. The fourth-order valence-electron chi connectivity index (χ4n) is 0.255. The molecule has 0 fully saturated rings. The molecule has 0 saturated carbocycles. The molecule has 0 spiro atoms. The molecule has 0 rings (SSSR count). The summed E-state index contributed by atoms with van der Waals surface area (Å²) < 4.78 is 4.32. The molecule has 9 heavy (non-hydrogen) atoms. The highest BCUT2D eigenvalue weighted by Crippen LogP contribution is 1.94. The van der Waals surface area contributed by atoms with Gasteiger partial charge in [0.05, 0.1) is 0 Å². The van der Waals surface area contributed by atoms with Gasteiger partial charge in [-0.1, -0.05) is 6.92 Å². The van der Waals surface area contributed by atoms with Crippen molar-refractivity contribution in [2.75, 3.05) is 0 Å². The van der Waals surface area contributed by atoms with Crippen molar-refractivity contribution in [3.63, 3.8) is 0 Å². The largest absolute Gasteiger partial charge is 0.506 e. The molecule has 0 heterocycles. The summed E-state index contributed by atoms with van der Waals surface area (Å²) in [5.74, 6) is 0. The van der Waals surface area contributed by atoms with Crippen LogP contribution in [0.25, 0.3) is 0 Å². The van der Waals surface area contributed by atoms with E-state index in [1.807, 2.05) is 6.92 Å². The number of halogens is 1. The summed E-state index contributed by atoms with van der Waals surface area (Å²) in [7, 11) is 0. The van der Waals surface area contributed by atoms with Gasteiger partial charge in [-0.05, 0) is 13.3 Å². The van der Waals surface area contributed by atoms with Gasteiger partial charge >= 0.3 is 6.16 Å². The van der Waals surface area contributed by atoms with Crippen LogP contribution in [-0.2, 0) is 4.74 Å². The van der Waals surface area contributed by atoms with Gasteiger partial charge in [0.15, 0.2) is 0 Å². The molecule has 3 nitrogen and oxygen atoms in total. The van der Waals surface area contributed by atoms with Crippen LogP contribution in [0.3, 0.4) is 0 Å². The number of ether oxygens (including phenoxy) is 1. The molecule has 1 unspecified atom stereocenters. The zero-order chi connectivity index (χ0) is 6.57. The van der Waals surface area contributed by atoms with E-state index in [-0.39, 0.29) is 18.5 Å². The minimum atomic E-state index is -1.20. The van der Waals surface area contributed by atoms with Gasteiger partial charge < -0.3 is 9.84 Å². The van der Waals surface area contributed by atoms with Crippen LogP contribution >= 0.6 is 12.4 Å². The molecule has 56 valence electrons. The first kappa shape index (κ1) is 11.4. The first-order valence-corrected chi connectivity index (χ1v) is 2.56. The van der Waals surface area contributed by atoms with E-state index in [0.717, 1.165) is 6.42 Å². The van der Waals surface area contributed by atoms with Crippen LogP contribution in [0.1, 0.15) is 20.3 Å². The monoisotopic (exact) mass is 154 g/mol. The molecule has 0 aromatic carbocycles. The Bertz CT molecular complexity index is 84.3. The second-order valence-corrected chi connectivity index (χ2v) is 1.60. The molecule has 0 amide bonds. The van der Waals surface area contributed by atoms with Gasteiger partial charge in [0, 0.05) is 0 Å². The summed E-state index contributed by atoms with van der Waals surface area (Å²) in [5, 5.41) is 7.99. The van der Waals surface area contributed by atoms with Crippen LogP contribution in [-0.4, -0.2) is 17.4 Å². The highest BCUT2D eigenvalue weighted by atomic mass is 35.5. The van der Waals surface area contributed by atoms with Gasteiger partial charge in [0.1, 0.15) is 6.10 Å². The predicted molar refractivity (Wildman–Crippen MR) is 36.1 cm³/mol. The Labute approximate surface area is 60.4 Å². The van der Waals surface area contributed by atoms with Crippen molar-refractivity contribution in [2.45, 2.75) is 26.4 Å². The summed E-state index contributed by atoms with van der Waals surface area (Å²) in [5.41, 5.74) is 0. The van der Waals surface area contributed by atoms with Gasteiger partial charge in [-0.15, -0.1) is 12.4 Å². The normalized spacial score (nSPS) is 11.3. The van der Waals surface area contributed by atoms with Crippen molar-refractivity contribution >= 4 is 18.6 Å². The fourth-order valence-corrected chi connectivity index (χ4v) is 0.255. The van der Waals surface area contributed by atoms with E-state index in [4.69, 9.17) is 5.11 Å². The van der Waals surface area contributed by atoms with E-state index < -0.39 is 6.16 Å². The van der Waals surface area contributed by atoms with E-state index in [2.05, 4.69) is 4.74 Å². The smallest absolute Gasteiger partial charge is 0.450 e. The van der Waals surface area contributed by atoms with Crippen LogP contribution in [0.4, 0.5) is 4.79 Å². The Morgan fingerprint density at radius 2 is 2.22 bits per heavy atom. The standard InChI is InChI=1S/C5H10O3.ClH/c1-3-4(2)8-5(6)7;/h4H,3H2,1-2H3,(H,6,7);1H. The maximum absolute atomic E-state index is 9.75. The summed E-state index contributed by atoms with van der Waals surface area (Å²) in [6.45, 7) is 3.59. The van der Waals surface area contributed by atoms with Crippen molar-refractivity contribution in [1.82, 2.24) is 0 Å². The molecule has 0 radical (unpaired) electrons. The van der Waals surface area contributed by atoms with Crippen LogP contribution in [0, 0.1) is 0 Å². The molecule has 0 bridgehead atoms. The Morgan fingerprint density at radius 1 is 1.78 bits per heavy atom.